The van der Waals surface area contributed by atoms with Crippen LogP contribution >= 0.6 is 0 Å². The summed E-state index contributed by atoms with van der Waals surface area (Å²) in [4.78, 5) is 11.9. The highest BCUT2D eigenvalue weighted by molar-refractivity contribution is 5.75. The normalized spacial score (nSPS) is 30.4. The molecular weight excluding hydrogens is 214 g/mol. The summed E-state index contributed by atoms with van der Waals surface area (Å²) in [7, 11) is 0. The average Bonchev–Trinajstić information content (AvgIpc) is 2.09. The van der Waals surface area contributed by atoms with E-state index in [0.29, 0.717) is 0 Å². The Bertz CT molecular complexity index is 299. The van der Waals surface area contributed by atoms with Gasteiger partial charge in [-0.25, -0.2) is 4.79 Å². The van der Waals surface area contributed by atoms with Gasteiger partial charge in [0, 0.05) is 28.5 Å². The molecule has 0 radical (unpaired) electrons. The molecule has 0 aliphatic heterocycles. The zero-order valence-corrected chi connectivity index (χ0v) is 12.1. The molecule has 0 saturated heterocycles. The van der Waals surface area contributed by atoms with Crippen molar-refractivity contribution in [2.45, 2.75) is 66.1 Å². The molecule has 0 spiro atoms. The lowest BCUT2D eigenvalue weighted by Gasteiger charge is -2.62. The lowest BCUT2D eigenvalue weighted by Crippen LogP contribution is -2.76. The maximum atomic E-state index is 11.9. The summed E-state index contributed by atoms with van der Waals surface area (Å²) >= 11 is 0. The van der Waals surface area contributed by atoms with Crippen molar-refractivity contribution in [1.29, 1.82) is 0 Å². The zero-order valence-electron chi connectivity index (χ0n) is 12.1. The smallest absolute Gasteiger partial charge is 0.315 e. The Hall–Kier alpha value is -0.770. The predicted octanol–water partition coefficient (Wildman–Crippen LogP) is 1.85. The first-order valence-corrected chi connectivity index (χ1v) is 6.23. The van der Waals surface area contributed by atoms with Crippen LogP contribution in [-0.2, 0) is 0 Å². The maximum Gasteiger partial charge on any atom is 0.315 e. The topological polar surface area (TPSA) is 67.2 Å². The van der Waals surface area contributed by atoms with Gasteiger partial charge in [0.25, 0.3) is 0 Å². The molecular formula is C13H27N3O. The second-order valence-electron chi connectivity index (χ2n) is 7.40. The summed E-state index contributed by atoms with van der Waals surface area (Å²) in [6, 6.07) is 0.0952. The highest BCUT2D eigenvalue weighted by Gasteiger charge is 2.60. The van der Waals surface area contributed by atoms with Gasteiger partial charge in [-0.3, -0.25) is 0 Å². The van der Waals surface area contributed by atoms with E-state index in [2.05, 4.69) is 38.3 Å². The Labute approximate surface area is 105 Å². The molecule has 17 heavy (non-hydrogen) atoms. The van der Waals surface area contributed by atoms with Gasteiger partial charge in [-0.15, -0.1) is 0 Å². The van der Waals surface area contributed by atoms with E-state index in [1.54, 1.807) is 0 Å². The number of rotatable bonds is 1. The van der Waals surface area contributed by atoms with Gasteiger partial charge < -0.3 is 16.4 Å². The molecule has 0 bridgehead atoms. The molecule has 4 heteroatoms. The predicted molar refractivity (Wildman–Crippen MR) is 70.7 cm³/mol. The molecule has 1 rings (SSSR count). The molecule has 1 aliphatic carbocycles. The minimum atomic E-state index is -0.218. The fourth-order valence-electron chi connectivity index (χ4n) is 3.06. The van der Waals surface area contributed by atoms with E-state index in [0.717, 1.165) is 0 Å². The van der Waals surface area contributed by atoms with Crippen LogP contribution in [0, 0.1) is 10.8 Å². The summed E-state index contributed by atoms with van der Waals surface area (Å²) in [6.07, 6.45) is 0. The highest BCUT2D eigenvalue weighted by atomic mass is 16.2. The first-order chi connectivity index (χ1) is 7.39. The third kappa shape index (κ3) is 2.57. The van der Waals surface area contributed by atoms with E-state index in [1.807, 2.05) is 20.8 Å². The number of hydrogen-bond acceptors (Lipinski definition) is 2. The van der Waals surface area contributed by atoms with E-state index in [4.69, 9.17) is 5.73 Å². The molecule has 2 amide bonds. The van der Waals surface area contributed by atoms with Crippen molar-refractivity contribution >= 4 is 6.03 Å². The van der Waals surface area contributed by atoms with Crippen LogP contribution in [0.15, 0.2) is 0 Å². The fraction of sp³-hybridized carbons (Fsp3) is 0.923. The summed E-state index contributed by atoms with van der Waals surface area (Å²) in [6.45, 7) is 14.3. The van der Waals surface area contributed by atoms with E-state index < -0.39 is 0 Å². The van der Waals surface area contributed by atoms with Crippen LogP contribution < -0.4 is 16.4 Å². The van der Waals surface area contributed by atoms with Crippen LogP contribution in [0.5, 0.6) is 0 Å². The van der Waals surface area contributed by atoms with Crippen LogP contribution in [-0.4, -0.2) is 23.7 Å². The zero-order chi connectivity index (χ0) is 13.6. The van der Waals surface area contributed by atoms with Gasteiger partial charge in [-0.1, -0.05) is 27.7 Å². The summed E-state index contributed by atoms with van der Waals surface area (Å²) in [5.74, 6) is 0. The SMILES string of the molecule is CC(C)(C)NC(=O)NC1C(C)(C)C(N)C1(C)C. The number of hydrogen-bond donors (Lipinski definition) is 3. The number of carbonyl (C=O) groups excluding carboxylic acids is 1. The number of nitrogens with one attached hydrogen (secondary N) is 2. The Morgan fingerprint density at radius 1 is 1.12 bits per heavy atom. The molecule has 0 atom stereocenters. The van der Waals surface area contributed by atoms with Crippen molar-refractivity contribution in [2.24, 2.45) is 16.6 Å². The van der Waals surface area contributed by atoms with Crippen molar-refractivity contribution < 1.29 is 4.79 Å². The van der Waals surface area contributed by atoms with Gasteiger partial charge in [-0.2, -0.15) is 0 Å². The second-order valence-corrected chi connectivity index (χ2v) is 7.40. The van der Waals surface area contributed by atoms with Gasteiger partial charge in [0.2, 0.25) is 0 Å². The molecule has 4 N–H and O–H groups in total. The van der Waals surface area contributed by atoms with Crippen LogP contribution in [0.1, 0.15) is 48.5 Å². The minimum Gasteiger partial charge on any atom is -0.334 e. The van der Waals surface area contributed by atoms with Crippen molar-refractivity contribution in [3.8, 4) is 0 Å². The summed E-state index contributed by atoms with van der Waals surface area (Å²) in [5.41, 5.74) is 5.82. The van der Waals surface area contributed by atoms with Crippen molar-refractivity contribution in [3.63, 3.8) is 0 Å². The quantitative estimate of drug-likeness (QED) is 0.656. The summed E-state index contributed by atoms with van der Waals surface area (Å²) < 4.78 is 0. The molecule has 100 valence electrons. The lowest BCUT2D eigenvalue weighted by molar-refractivity contribution is -0.0647. The Kier molecular flexibility index (Phi) is 3.25. The molecule has 0 aromatic carbocycles. The Morgan fingerprint density at radius 2 is 1.53 bits per heavy atom. The molecule has 4 nitrogen and oxygen atoms in total. The van der Waals surface area contributed by atoms with E-state index in [9.17, 15) is 4.79 Å². The number of nitrogens with two attached hydrogens (primary N) is 1. The van der Waals surface area contributed by atoms with Crippen LogP contribution in [0.2, 0.25) is 0 Å². The van der Waals surface area contributed by atoms with Crippen LogP contribution in [0.25, 0.3) is 0 Å². The minimum absolute atomic E-state index is 0.0568. The lowest BCUT2D eigenvalue weighted by atomic mass is 9.48. The molecule has 0 aromatic heterocycles. The molecule has 0 unspecified atom stereocenters. The molecule has 1 aliphatic rings. The van der Waals surface area contributed by atoms with Crippen molar-refractivity contribution in [2.75, 3.05) is 0 Å². The fourth-order valence-corrected chi connectivity index (χ4v) is 3.06. The third-order valence-electron chi connectivity index (χ3n) is 3.86. The first-order valence-electron chi connectivity index (χ1n) is 6.23. The Morgan fingerprint density at radius 3 is 1.88 bits per heavy atom. The van der Waals surface area contributed by atoms with Gasteiger partial charge in [-0.05, 0) is 20.8 Å². The maximum absolute atomic E-state index is 11.9. The second kappa shape index (κ2) is 3.87. The highest BCUT2D eigenvalue weighted by Crippen LogP contribution is 2.52. The monoisotopic (exact) mass is 241 g/mol. The van der Waals surface area contributed by atoms with Gasteiger partial charge in [0.15, 0.2) is 0 Å². The largest absolute Gasteiger partial charge is 0.334 e. The van der Waals surface area contributed by atoms with Crippen LogP contribution in [0.4, 0.5) is 4.79 Å². The number of amides is 2. The first kappa shape index (κ1) is 14.3. The summed E-state index contributed by atoms with van der Waals surface area (Å²) in [5, 5.41) is 5.97. The van der Waals surface area contributed by atoms with Gasteiger partial charge in [0.05, 0.1) is 0 Å². The molecule has 0 aromatic rings. The van der Waals surface area contributed by atoms with E-state index in [1.165, 1.54) is 0 Å². The van der Waals surface area contributed by atoms with E-state index >= 15 is 0 Å². The number of urea groups is 1. The van der Waals surface area contributed by atoms with Crippen molar-refractivity contribution in [3.05, 3.63) is 0 Å². The van der Waals surface area contributed by atoms with Crippen LogP contribution in [0.3, 0.4) is 0 Å². The standard InChI is InChI=1S/C13H27N3O/c1-11(2,3)16-10(17)15-9-12(4,5)8(14)13(9,6)7/h8-9H,14H2,1-7H3,(H2,15,16,17). The molecule has 1 fully saturated rings. The van der Waals surface area contributed by atoms with E-state index in [-0.39, 0.29) is 34.5 Å². The number of carbonyl (C=O) groups is 1. The molecule has 1 saturated carbocycles. The average molecular weight is 241 g/mol. The molecule has 0 heterocycles. The van der Waals surface area contributed by atoms with Crippen molar-refractivity contribution in [1.82, 2.24) is 10.6 Å². The Balaban J connectivity index is 2.67. The third-order valence-corrected chi connectivity index (χ3v) is 3.86. The van der Waals surface area contributed by atoms with Gasteiger partial charge in [0.1, 0.15) is 0 Å². The van der Waals surface area contributed by atoms with Gasteiger partial charge >= 0.3 is 6.03 Å².